The molecule has 172 valence electrons. The third-order valence-electron chi connectivity index (χ3n) is 8.62. The maximum Gasteiger partial charge on any atom is 0.261 e. The lowest BCUT2D eigenvalue weighted by Gasteiger charge is -2.61. The number of aromatic nitrogens is 1. The van der Waals surface area contributed by atoms with E-state index in [0.29, 0.717) is 17.7 Å². The molecule has 1 aromatic heterocycles. The van der Waals surface area contributed by atoms with Crippen molar-refractivity contribution in [1.82, 2.24) is 15.2 Å². The third-order valence-corrected chi connectivity index (χ3v) is 8.62. The lowest BCUT2D eigenvalue weighted by atomic mass is 9.55. The number of carbonyl (C=O) groups excluding carboxylic acids is 2. The Morgan fingerprint density at radius 2 is 2.03 bits per heavy atom. The van der Waals surface area contributed by atoms with E-state index in [1.807, 2.05) is 13.1 Å². The zero-order valence-electron chi connectivity index (χ0n) is 18.4. The molecule has 2 bridgehead atoms. The summed E-state index contributed by atoms with van der Waals surface area (Å²) in [5.74, 6) is -1.22. The van der Waals surface area contributed by atoms with Gasteiger partial charge in [-0.3, -0.25) is 19.3 Å². The summed E-state index contributed by atoms with van der Waals surface area (Å²) in [6.07, 6.45) is 1.44. The number of nitrogens with two attached hydrogens (primary N) is 1. The Morgan fingerprint density at radius 1 is 1.27 bits per heavy atom. The number of aliphatic hydroxyl groups is 1. The van der Waals surface area contributed by atoms with E-state index in [9.17, 15) is 24.6 Å². The number of pyridine rings is 1. The number of H-pyrrole nitrogens is 1. The van der Waals surface area contributed by atoms with Gasteiger partial charge in [-0.1, -0.05) is 6.07 Å². The molecule has 2 aromatic rings. The van der Waals surface area contributed by atoms with Crippen LogP contribution in [0.1, 0.15) is 46.1 Å². The van der Waals surface area contributed by atoms with E-state index in [-0.39, 0.29) is 29.2 Å². The molecule has 1 saturated carbocycles. The highest BCUT2D eigenvalue weighted by molar-refractivity contribution is 5.97. The number of primary amides is 1. The number of rotatable bonds is 3. The average molecular weight is 450 g/mol. The molecule has 3 aliphatic carbocycles. The van der Waals surface area contributed by atoms with Crippen LogP contribution in [-0.2, 0) is 28.5 Å². The van der Waals surface area contributed by atoms with E-state index >= 15 is 0 Å². The molecule has 5 atom stereocenters. The molecular weight excluding hydrogens is 424 g/mol. The standard InChI is InChI=1S/C24H26N4O5/c1-11(18(25)30)26-19(31)14-5-12-7-24(33)21-22(10-28(21)2)9-23(24,8-17(12)27-20(14)32)16-6-13(29)3-4-15(16)22/h3-6,11,21,29,33H,7-10H2,1-2H3,(H2,25,30)(H,26,31)(H,27,32)/t11-,21?,22?,23?,24+/m0/s1. The lowest BCUT2D eigenvalue weighted by Crippen LogP contribution is -2.74. The van der Waals surface area contributed by atoms with Crippen molar-refractivity contribution in [2.45, 2.75) is 54.7 Å². The fraction of sp³-hybridized carbons (Fsp3) is 0.458. The number of aromatic amines is 1. The van der Waals surface area contributed by atoms with Crippen LogP contribution in [0.2, 0.25) is 0 Å². The monoisotopic (exact) mass is 450 g/mol. The number of benzene rings is 1. The minimum absolute atomic E-state index is 0.0886. The first kappa shape index (κ1) is 20.4. The van der Waals surface area contributed by atoms with Crippen LogP contribution in [0, 0.1) is 0 Å². The SMILES string of the molecule is C[C@H](NC(=O)c1cc2c([nH]c1=O)CC13CC4(CN(C)C4[C@]1(O)C2)c1ccc(O)cc13)C(N)=O. The number of hydrogen-bond acceptors (Lipinski definition) is 6. The van der Waals surface area contributed by atoms with Gasteiger partial charge in [-0.05, 0) is 55.3 Å². The summed E-state index contributed by atoms with van der Waals surface area (Å²) in [5.41, 5.74) is 6.17. The third kappa shape index (κ3) is 2.26. The van der Waals surface area contributed by atoms with Crippen molar-refractivity contribution >= 4 is 11.8 Å². The maximum atomic E-state index is 12.8. The van der Waals surface area contributed by atoms with Gasteiger partial charge in [-0.15, -0.1) is 0 Å². The first-order valence-electron chi connectivity index (χ1n) is 11.1. The second kappa shape index (κ2) is 6.03. The van der Waals surface area contributed by atoms with Gasteiger partial charge in [0, 0.05) is 35.9 Å². The molecule has 9 heteroatoms. The smallest absolute Gasteiger partial charge is 0.261 e. The Hall–Kier alpha value is -3.17. The van der Waals surface area contributed by atoms with Crippen molar-refractivity contribution < 1.29 is 19.8 Å². The molecule has 2 amide bonds. The second-order valence-electron chi connectivity index (χ2n) is 10.4. The van der Waals surface area contributed by atoms with Crippen LogP contribution >= 0.6 is 0 Å². The molecule has 33 heavy (non-hydrogen) atoms. The molecular formula is C24H26N4O5. The number of phenolic OH excluding ortho intramolecular Hbond substituents is 1. The number of nitrogens with one attached hydrogen (secondary N) is 2. The van der Waals surface area contributed by atoms with E-state index < -0.39 is 34.4 Å². The maximum absolute atomic E-state index is 12.8. The number of nitrogens with zero attached hydrogens (tertiary/aromatic N) is 1. The lowest BCUT2D eigenvalue weighted by molar-refractivity contribution is -0.126. The highest BCUT2D eigenvalue weighted by Gasteiger charge is 2.80. The van der Waals surface area contributed by atoms with Gasteiger partial charge < -0.3 is 26.2 Å². The molecule has 2 fully saturated rings. The highest BCUT2D eigenvalue weighted by atomic mass is 16.3. The summed E-state index contributed by atoms with van der Waals surface area (Å²) in [4.78, 5) is 41.8. The number of likely N-dealkylation sites (tertiary alicyclic amines) is 1. The molecule has 9 nitrogen and oxygen atoms in total. The normalized spacial score (nSPS) is 33.8. The Balaban J connectivity index is 1.47. The van der Waals surface area contributed by atoms with Gasteiger partial charge >= 0.3 is 0 Å². The highest BCUT2D eigenvalue weighted by Crippen LogP contribution is 2.72. The van der Waals surface area contributed by atoms with Crippen LogP contribution < -0.4 is 16.6 Å². The van der Waals surface area contributed by atoms with E-state index in [1.54, 1.807) is 12.1 Å². The van der Waals surface area contributed by atoms with Crippen LogP contribution in [0.4, 0.5) is 0 Å². The van der Waals surface area contributed by atoms with Crippen molar-refractivity contribution in [2.75, 3.05) is 13.6 Å². The van der Waals surface area contributed by atoms with E-state index in [4.69, 9.17) is 5.73 Å². The Morgan fingerprint density at radius 3 is 2.73 bits per heavy atom. The van der Waals surface area contributed by atoms with E-state index in [2.05, 4.69) is 15.2 Å². The Kier molecular flexibility index (Phi) is 3.74. The number of hydrogen-bond donors (Lipinski definition) is 5. The van der Waals surface area contributed by atoms with Gasteiger partial charge in [-0.2, -0.15) is 0 Å². The predicted molar refractivity (Wildman–Crippen MR) is 118 cm³/mol. The molecule has 0 radical (unpaired) electrons. The molecule has 2 heterocycles. The zero-order chi connectivity index (χ0) is 23.5. The summed E-state index contributed by atoms with van der Waals surface area (Å²) in [6, 6.07) is 5.97. The largest absolute Gasteiger partial charge is 0.508 e. The molecule has 4 aliphatic rings. The number of amides is 2. The number of carbonyl (C=O) groups is 2. The van der Waals surface area contributed by atoms with Crippen LogP contribution in [0.15, 0.2) is 29.1 Å². The van der Waals surface area contributed by atoms with Crippen molar-refractivity contribution in [3.05, 3.63) is 62.6 Å². The fourth-order valence-electron chi connectivity index (χ4n) is 7.49. The summed E-state index contributed by atoms with van der Waals surface area (Å²) >= 11 is 0. The van der Waals surface area contributed by atoms with Crippen molar-refractivity contribution in [3.63, 3.8) is 0 Å². The van der Waals surface area contributed by atoms with Gasteiger partial charge in [0.1, 0.15) is 17.4 Å². The summed E-state index contributed by atoms with van der Waals surface area (Å²) in [5, 5.41) is 25.0. The van der Waals surface area contributed by atoms with Crippen molar-refractivity contribution in [3.8, 4) is 5.75 Å². The summed E-state index contributed by atoms with van der Waals surface area (Å²) in [6.45, 7) is 2.28. The molecule has 3 unspecified atom stereocenters. The van der Waals surface area contributed by atoms with Crippen molar-refractivity contribution in [1.29, 1.82) is 0 Å². The van der Waals surface area contributed by atoms with Gasteiger partial charge in [-0.25, -0.2) is 0 Å². The van der Waals surface area contributed by atoms with Gasteiger partial charge in [0.05, 0.1) is 11.6 Å². The van der Waals surface area contributed by atoms with Gasteiger partial charge in [0.25, 0.3) is 11.5 Å². The minimum atomic E-state index is -1.11. The Labute approximate surface area is 189 Å². The minimum Gasteiger partial charge on any atom is -0.508 e. The summed E-state index contributed by atoms with van der Waals surface area (Å²) < 4.78 is 0. The molecule has 2 spiro atoms. The predicted octanol–water partition coefficient (Wildman–Crippen LogP) is -0.579. The number of aromatic hydroxyl groups is 1. The van der Waals surface area contributed by atoms with Crippen LogP contribution in [0.25, 0.3) is 0 Å². The van der Waals surface area contributed by atoms with Gasteiger partial charge in [0.2, 0.25) is 5.91 Å². The zero-order valence-corrected chi connectivity index (χ0v) is 18.4. The number of likely N-dealkylation sites (N-methyl/N-ethyl adjacent to an activating group) is 1. The average Bonchev–Trinajstić information content (AvgIpc) is 3.10. The first-order valence-corrected chi connectivity index (χ1v) is 11.1. The quantitative estimate of drug-likeness (QED) is 0.423. The molecule has 6 rings (SSSR count). The first-order chi connectivity index (χ1) is 15.5. The van der Waals surface area contributed by atoms with Crippen LogP contribution in [-0.4, -0.2) is 63.2 Å². The number of fused-ring (bicyclic) bond motifs is 3. The molecule has 1 aromatic carbocycles. The molecule has 1 saturated heterocycles. The fourth-order valence-corrected chi connectivity index (χ4v) is 7.49. The molecule has 6 N–H and O–H groups in total. The summed E-state index contributed by atoms with van der Waals surface area (Å²) in [7, 11) is 2.01. The van der Waals surface area contributed by atoms with Crippen LogP contribution in [0.5, 0.6) is 5.75 Å². The second-order valence-corrected chi connectivity index (χ2v) is 10.4. The van der Waals surface area contributed by atoms with Gasteiger partial charge in [0.15, 0.2) is 0 Å². The van der Waals surface area contributed by atoms with Crippen LogP contribution in [0.3, 0.4) is 0 Å². The topological polar surface area (TPSA) is 149 Å². The Bertz CT molecular complexity index is 1320. The van der Waals surface area contributed by atoms with E-state index in [1.165, 1.54) is 18.6 Å². The molecule has 1 aliphatic heterocycles. The van der Waals surface area contributed by atoms with Crippen molar-refractivity contribution in [2.24, 2.45) is 5.73 Å². The number of phenols is 1. The van der Waals surface area contributed by atoms with E-state index in [0.717, 1.165) is 18.5 Å².